The fourth-order valence-electron chi connectivity index (χ4n) is 4.95. The van der Waals surface area contributed by atoms with E-state index in [0.717, 1.165) is 44.3 Å². The molecule has 3 N–H and O–H groups in total. The molecular formula is C17H24N2O4S. The molecule has 0 unspecified atom stereocenters. The number of β-lactam (4-membered cyclic amide) rings is 1. The van der Waals surface area contributed by atoms with E-state index in [1.165, 1.54) is 4.90 Å². The number of hydrogen-bond donors (Lipinski definition) is 3. The van der Waals surface area contributed by atoms with Crippen LogP contribution in [0.2, 0.25) is 0 Å². The van der Waals surface area contributed by atoms with Crippen molar-refractivity contribution in [3.05, 3.63) is 11.3 Å². The fourth-order valence-corrected chi connectivity index (χ4v) is 6.62. The van der Waals surface area contributed by atoms with Crippen LogP contribution in [-0.4, -0.2) is 62.7 Å². The maximum absolute atomic E-state index is 12.4. The van der Waals surface area contributed by atoms with E-state index in [4.69, 9.17) is 0 Å². The highest BCUT2D eigenvalue weighted by molar-refractivity contribution is 8.00. The van der Waals surface area contributed by atoms with Crippen molar-refractivity contribution in [3.63, 3.8) is 0 Å². The SMILES string of the molecule is C[C@@H](O)[C@H]1C(=O)N2C(C(=O)O)=C3[C@@H](S[C@H]4CCNC4)CCC[C@H]3[C@H]12. The Bertz CT molecular complexity index is 599. The molecule has 7 heteroatoms. The third-order valence-electron chi connectivity index (χ3n) is 5.94. The van der Waals surface area contributed by atoms with Crippen LogP contribution in [0.15, 0.2) is 11.3 Å². The second kappa shape index (κ2) is 6.04. The van der Waals surface area contributed by atoms with Crippen LogP contribution >= 0.6 is 11.8 Å². The number of aliphatic hydroxyl groups excluding tert-OH is 1. The maximum atomic E-state index is 12.4. The highest BCUT2D eigenvalue weighted by Gasteiger charge is 2.62. The number of hydrogen-bond acceptors (Lipinski definition) is 5. The van der Waals surface area contributed by atoms with E-state index in [1.54, 1.807) is 6.92 Å². The van der Waals surface area contributed by atoms with Gasteiger partial charge in [0.05, 0.1) is 18.1 Å². The van der Waals surface area contributed by atoms with Gasteiger partial charge in [-0.2, -0.15) is 0 Å². The first kappa shape index (κ1) is 16.4. The average Bonchev–Trinajstić information content (AvgIpc) is 3.11. The zero-order valence-corrected chi connectivity index (χ0v) is 14.6. The van der Waals surface area contributed by atoms with E-state index >= 15 is 0 Å². The van der Waals surface area contributed by atoms with Gasteiger partial charge >= 0.3 is 5.97 Å². The molecule has 3 fully saturated rings. The predicted octanol–water partition coefficient (Wildman–Crippen LogP) is 0.810. The van der Waals surface area contributed by atoms with E-state index in [1.807, 2.05) is 11.8 Å². The highest BCUT2D eigenvalue weighted by Crippen LogP contribution is 2.54. The molecule has 1 saturated carbocycles. The van der Waals surface area contributed by atoms with Gasteiger partial charge in [-0.1, -0.05) is 6.42 Å². The molecule has 2 saturated heterocycles. The molecule has 4 aliphatic rings. The third kappa shape index (κ3) is 2.32. The smallest absolute Gasteiger partial charge is 0.352 e. The summed E-state index contributed by atoms with van der Waals surface area (Å²) in [6.45, 7) is 3.64. The summed E-state index contributed by atoms with van der Waals surface area (Å²) in [6.07, 6.45) is 3.36. The van der Waals surface area contributed by atoms with Gasteiger partial charge in [-0.25, -0.2) is 4.79 Å². The average molecular weight is 352 g/mol. The molecule has 0 radical (unpaired) electrons. The van der Waals surface area contributed by atoms with Crippen LogP contribution in [0.1, 0.15) is 32.6 Å². The van der Waals surface area contributed by atoms with Crippen molar-refractivity contribution in [2.24, 2.45) is 11.8 Å². The molecule has 1 amide bonds. The first-order chi connectivity index (χ1) is 11.5. The summed E-state index contributed by atoms with van der Waals surface area (Å²) in [6, 6.07) is -0.149. The number of aliphatic carboxylic acids is 1. The van der Waals surface area contributed by atoms with Crippen molar-refractivity contribution >= 4 is 23.6 Å². The second-order valence-electron chi connectivity index (χ2n) is 7.35. The molecule has 0 aromatic rings. The fraction of sp³-hybridized carbons (Fsp3) is 0.765. The molecule has 0 aromatic heterocycles. The van der Waals surface area contributed by atoms with Gasteiger partial charge in [0.15, 0.2) is 0 Å². The van der Waals surface area contributed by atoms with Crippen molar-refractivity contribution in [3.8, 4) is 0 Å². The molecule has 132 valence electrons. The summed E-state index contributed by atoms with van der Waals surface area (Å²) < 4.78 is 0. The van der Waals surface area contributed by atoms with Crippen LogP contribution in [0.4, 0.5) is 0 Å². The number of thioether (sulfide) groups is 1. The van der Waals surface area contributed by atoms with Crippen LogP contribution in [0, 0.1) is 11.8 Å². The molecule has 3 aliphatic heterocycles. The van der Waals surface area contributed by atoms with Crippen LogP contribution in [0.25, 0.3) is 0 Å². The molecule has 1 aliphatic carbocycles. The highest BCUT2D eigenvalue weighted by atomic mass is 32.2. The third-order valence-corrected chi connectivity index (χ3v) is 7.54. The summed E-state index contributed by atoms with van der Waals surface area (Å²) in [5.41, 5.74) is 1.18. The quantitative estimate of drug-likeness (QED) is 0.649. The number of rotatable bonds is 4. The topological polar surface area (TPSA) is 89.9 Å². The Kier molecular flexibility index (Phi) is 4.13. The van der Waals surface area contributed by atoms with Crippen LogP contribution in [-0.2, 0) is 9.59 Å². The zero-order valence-electron chi connectivity index (χ0n) is 13.8. The second-order valence-corrected chi connectivity index (χ2v) is 8.86. The zero-order chi connectivity index (χ0) is 17.0. The number of aliphatic hydroxyl groups is 1. The van der Waals surface area contributed by atoms with Crippen molar-refractivity contribution in [2.75, 3.05) is 13.1 Å². The normalized spacial score (nSPS) is 39.5. The van der Waals surface area contributed by atoms with Gasteiger partial charge < -0.3 is 20.4 Å². The standard InChI is InChI=1S/C17H24N2O4S/c1-8(20)12-14-10-3-2-4-11(24-9-5-6-18-7-9)13(10)15(17(22)23)19(14)16(12)21/h8-12,14,18,20H,2-7H2,1H3,(H,22,23)/t8-,9+,10-,11+,12-,14-/m1/s1. The number of amides is 1. The molecule has 24 heavy (non-hydrogen) atoms. The van der Waals surface area contributed by atoms with Gasteiger partial charge in [0.1, 0.15) is 5.70 Å². The van der Waals surface area contributed by atoms with Gasteiger partial charge in [0.2, 0.25) is 5.91 Å². The van der Waals surface area contributed by atoms with Gasteiger partial charge in [-0.15, -0.1) is 11.8 Å². The lowest BCUT2D eigenvalue weighted by molar-refractivity contribution is -0.163. The Morgan fingerprint density at radius 3 is 2.79 bits per heavy atom. The lowest BCUT2D eigenvalue weighted by Gasteiger charge is -2.47. The summed E-state index contributed by atoms with van der Waals surface area (Å²) in [5, 5.41) is 23.8. The number of fused-ring (bicyclic) bond motifs is 3. The summed E-state index contributed by atoms with van der Waals surface area (Å²) in [4.78, 5) is 25.8. The van der Waals surface area contributed by atoms with E-state index in [0.29, 0.717) is 5.25 Å². The number of carboxylic acid groups (broad SMARTS) is 1. The van der Waals surface area contributed by atoms with E-state index in [9.17, 15) is 19.8 Å². The molecule has 4 rings (SSSR count). The van der Waals surface area contributed by atoms with E-state index in [-0.39, 0.29) is 28.8 Å². The lowest BCUT2D eigenvalue weighted by atomic mass is 9.72. The number of nitrogens with zero attached hydrogens (tertiary/aromatic N) is 1. The molecule has 0 aromatic carbocycles. The molecule has 6 atom stereocenters. The molecule has 0 bridgehead atoms. The van der Waals surface area contributed by atoms with Gasteiger partial charge in [0, 0.05) is 23.0 Å². The summed E-state index contributed by atoms with van der Waals surface area (Å²) in [7, 11) is 0. The van der Waals surface area contributed by atoms with E-state index < -0.39 is 18.0 Å². The first-order valence-electron chi connectivity index (χ1n) is 8.85. The largest absolute Gasteiger partial charge is 0.477 e. The van der Waals surface area contributed by atoms with Crippen molar-refractivity contribution < 1.29 is 19.8 Å². The number of carbonyl (C=O) groups is 2. The Labute approximate surface area is 145 Å². The Morgan fingerprint density at radius 2 is 2.17 bits per heavy atom. The van der Waals surface area contributed by atoms with Crippen molar-refractivity contribution in [1.82, 2.24) is 10.2 Å². The number of carboxylic acids is 1. The molecule has 0 spiro atoms. The van der Waals surface area contributed by atoms with Gasteiger partial charge in [0.25, 0.3) is 0 Å². The molecule has 3 heterocycles. The summed E-state index contributed by atoms with van der Waals surface area (Å²) in [5.74, 6) is -1.56. The minimum atomic E-state index is -0.994. The number of nitrogens with one attached hydrogen (secondary N) is 1. The van der Waals surface area contributed by atoms with Crippen LogP contribution in [0.5, 0.6) is 0 Å². The van der Waals surface area contributed by atoms with Gasteiger partial charge in [-0.05, 0) is 38.3 Å². The van der Waals surface area contributed by atoms with Crippen molar-refractivity contribution in [2.45, 2.75) is 55.3 Å². The van der Waals surface area contributed by atoms with Crippen molar-refractivity contribution in [1.29, 1.82) is 0 Å². The minimum Gasteiger partial charge on any atom is -0.477 e. The minimum absolute atomic E-state index is 0.106. The first-order valence-corrected chi connectivity index (χ1v) is 9.79. The van der Waals surface area contributed by atoms with Crippen LogP contribution in [0.3, 0.4) is 0 Å². The lowest BCUT2D eigenvalue weighted by Crippen LogP contribution is -2.64. The monoisotopic (exact) mass is 352 g/mol. The Hall–Kier alpha value is -1.05. The summed E-state index contributed by atoms with van der Waals surface area (Å²) >= 11 is 1.88. The van der Waals surface area contributed by atoms with Gasteiger partial charge in [-0.3, -0.25) is 4.79 Å². The Morgan fingerprint density at radius 1 is 1.38 bits per heavy atom. The van der Waals surface area contributed by atoms with Crippen LogP contribution < -0.4 is 5.32 Å². The molecular weight excluding hydrogens is 328 g/mol. The number of carbonyl (C=O) groups excluding carboxylic acids is 1. The van der Waals surface area contributed by atoms with E-state index in [2.05, 4.69) is 5.32 Å². The Balaban J connectivity index is 1.67. The predicted molar refractivity (Wildman–Crippen MR) is 90.5 cm³/mol. The molecule has 6 nitrogen and oxygen atoms in total. The maximum Gasteiger partial charge on any atom is 0.352 e.